The van der Waals surface area contributed by atoms with Gasteiger partial charge in [0.1, 0.15) is 5.84 Å². The molecule has 3 heteroatoms. The van der Waals surface area contributed by atoms with Crippen molar-refractivity contribution in [3.8, 4) is 0 Å². The van der Waals surface area contributed by atoms with Crippen LogP contribution in [-0.2, 0) is 11.8 Å². The zero-order valence-corrected chi connectivity index (χ0v) is 9.99. The molecule has 0 bridgehead atoms. The molecule has 1 aliphatic heterocycles. The van der Waals surface area contributed by atoms with Crippen molar-refractivity contribution in [3.63, 3.8) is 0 Å². The molecular formula is C13H17N3. The Hall–Kier alpha value is -1.64. The minimum Gasteiger partial charge on any atom is -0.387 e. The molecule has 0 fully saturated rings. The lowest BCUT2D eigenvalue weighted by Crippen LogP contribution is -2.17. The summed E-state index contributed by atoms with van der Waals surface area (Å²) in [4.78, 5) is 8.77. The number of aromatic nitrogens is 1. The second kappa shape index (κ2) is 3.74. The summed E-state index contributed by atoms with van der Waals surface area (Å²) in [5, 5.41) is 0. The maximum atomic E-state index is 5.74. The lowest BCUT2D eigenvalue weighted by Gasteiger charge is -2.18. The second-order valence-corrected chi connectivity index (χ2v) is 5.10. The summed E-state index contributed by atoms with van der Waals surface area (Å²) in [5.41, 5.74) is 9.03. The first-order valence-electron chi connectivity index (χ1n) is 5.46. The third kappa shape index (κ3) is 2.13. The molecule has 3 nitrogen and oxygen atoms in total. The molecular weight excluding hydrogens is 198 g/mol. The van der Waals surface area contributed by atoms with Gasteiger partial charge in [0.05, 0.1) is 5.69 Å². The highest BCUT2D eigenvalue weighted by molar-refractivity contribution is 5.85. The number of aliphatic imine (C=N–C) groups is 1. The zero-order chi connectivity index (χ0) is 11.8. The minimum absolute atomic E-state index is 0.0710. The first kappa shape index (κ1) is 10.9. The van der Waals surface area contributed by atoms with Crippen molar-refractivity contribution in [1.82, 2.24) is 4.98 Å². The highest BCUT2D eigenvalue weighted by Gasteiger charge is 2.17. The number of pyridine rings is 1. The van der Waals surface area contributed by atoms with Crippen LogP contribution in [0.2, 0.25) is 0 Å². The van der Waals surface area contributed by atoms with Crippen LogP contribution in [0.3, 0.4) is 0 Å². The molecule has 0 saturated heterocycles. The fourth-order valence-electron chi connectivity index (χ4n) is 1.66. The van der Waals surface area contributed by atoms with Gasteiger partial charge in [-0.05, 0) is 17.7 Å². The van der Waals surface area contributed by atoms with E-state index in [2.05, 4.69) is 42.9 Å². The Labute approximate surface area is 96.1 Å². The number of nitrogens with zero attached hydrogens (tertiary/aromatic N) is 2. The number of fused-ring (bicyclic) bond motifs is 1. The predicted molar refractivity (Wildman–Crippen MR) is 67.3 cm³/mol. The van der Waals surface area contributed by atoms with Gasteiger partial charge in [0.25, 0.3) is 0 Å². The largest absolute Gasteiger partial charge is 0.387 e. The Balaban J connectivity index is 2.46. The van der Waals surface area contributed by atoms with Gasteiger partial charge in [-0.15, -0.1) is 0 Å². The van der Waals surface area contributed by atoms with Crippen LogP contribution in [0.1, 0.15) is 37.7 Å². The van der Waals surface area contributed by atoms with Gasteiger partial charge in [0, 0.05) is 23.7 Å². The predicted octanol–water partition coefficient (Wildman–Crippen LogP) is 2.26. The Morgan fingerprint density at radius 3 is 2.69 bits per heavy atom. The highest BCUT2D eigenvalue weighted by Crippen LogP contribution is 2.23. The highest BCUT2D eigenvalue weighted by atomic mass is 14.8. The molecule has 0 aromatic carbocycles. The number of hydrogen-bond donors (Lipinski definition) is 1. The monoisotopic (exact) mass is 215 g/mol. The van der Waals surface area contributed by atoms with Crippen LogP contribution in [0.25, 0.3) is 6.08 Å². The van der Waals surface area contributed by atoms with Crippen LogP contribution >= 0.6 is 0 Å². The van der Waals surface area contributed by atoms with Crippen LogP contribution in [0.5, 0.6) is 0 Å². The summed E-state index contributed by atoms with van der Waals surface area (Å²) in [6.45, 7) is 6.48. The molecule has 2 heterocycles. The molecule has 0 amide bonds. The van der Waals surface area contributed by atoms with E-state index >= 15 is 0 Å². The molecule has 16 heavy (non-hydrogen) atoms. The average Bonchev–Trinajstić information content (AvgIpc) is 2.35. The van der Waals surface area contributed by atoms with Gasteiger partial charge in [-0.1, -0.05) is 26.8 Å². The summed E-state index contributed by atoms with van der Waals surface area (Å²) < 4.78 is 0. The van der Waals surface area contributed by atoms with E-state index in [0.717, 1.165) is 17.0 Å². The maximum Gasteiger partial charge on any atom is 0.103 e. The third-order valence-corrected chi connectivity index (χ3v) is 2.63. The summed E-state index contributed by atoms with van der Waals surface area (Å²) in [7, 11) is 0. The van der Waals surface area contributed by atoms with E-state index in [9.17, 15) is 0 Å². The van der Waals surface area contributed by atoms with Crippen LogP contribution in [0.4, 0.5) is 0 Å². The Morgan fingerprint density at radius 2 is 2.00 bits per heavy atom. The SMILES string of the molecule is CC(C)(C)c1ccc2c(n1)C=CN=C(N)C2. The Morgan fingerprint density at radius 1 is 1.25 bits per heavy atom. The first-order chi connectivity index (χ1) is 7.47. The van der Waals surface area contributed by atoms with E-state index in [1.165, 1.54) is 0 Å². The fraction of sp³-hybridized carbons (Fsp3) is 0.385. The van der Waals surface area contributed by atoms with Crippen molar-refractivity contribution in [3.05, 3.63) is 35.3 Å². The van der Waals surface area contributed by atoms with Gasteiger partial charge in [-0.3, -0.25) is 4.98 Å². The lowest BCUT2D eigenvalue weighted by molar-refractivity contribution is 0.568. The van der Waals surface area contributed by atoms with Gasteiger partial charge in [0.2, 0.25) is 0 Å². The van der Waals surface area contributed by atoms with Crippen molar-refractivity contribution < 1.29 is 0 Å². The number of hydrogen-bond acceptors (Lipinski definition) is 3. The van der Waals surface area contributed by atoms with Crippen LogP contribution in [0, 0.1) is 0 Å². The second-order valence-electron chi connectivity index (χ2n) is 5.10. The molecule has 0 unspecified atom stereocenters. The molecule has 2 rings (SSSR count). The molecule has 0 radical (unpaired) electrons. The summed E-state index contributed by atoms with van der Waals surface area (Å²) in [5.74, 6) is 0.639. The van der Waals surface area contributed by atoms with Crippen LogP contribution < -0.4 is 5.73 Å². The van der Waals surface area contributed by atoms with Gasteiger partial charge in [-0.25, -0.2) is 4.99 Å². The smallest absolute Gasteiger partial charge is 0.103 e. The van der Waals surface area contributed by atoms with E-state index in [4.69, 9.17) is 5.73 Å². The molecule has 1 aromatic rings. The Bertz CT molecular complexity index is 465. The van der Waals surface area contributed by atoms with Crippen LogP contribution in [-0.4, -0.2) is 10.8 Å². The van der Waals surface area contributed by atoms with Gasteiger partial charge < -0.3 is 5.73 Å². The van der Waals surface area contributed by atoms with Crippen molar-refractivity contribution >= 4 is 11.9 Å². The molecule has 84 valence electrons. The maximum absolute atomic E-state index is 5.74. The van der Waals surface area contributed by atoms with E-state index in [0.29, 0.717) is 12.3 Å². The van der Waals surface area contributed by atoms with Crippen molar-refractivity contribution in [1.29, 1.82) is 0 Å². The van der Waals surface area contributed by atoms with Gasteiger partial charge >= 0.3 is 0 Å². The van der Waals surface area contributed by atoms with Crippen molar-refractivity contribution in [2.45, 2.75) is 32.6 Å². The third-order valence-electron chi connectivity index (χ3n) is 2.63. The molecule has 1 aliphatic rings. The Kier molecular flexibility index (Phi) is 2.54. The van der Waals surface area contributed by atoms with Crippen molar-refractivity contribution in [2.24, 2.45) is 10.7 Å². The number of amidine groups is 1. The number of nitrogens with two attached hydrogens (primary N) is 1. The van der Waals surface area contributed by atoms with Crippen LogP contribution in [0.15, 0.2) is 23.3 Å². The summed E-state index contributed by atoms with van der Waals surface area (Å²) in [6, 6.07) is 4.17. The van der Waals surface area contributed by atoms with E-state index in [-0.39, 0.29) is 5.41 Å². The quantitative estimate of drug-likeness (QED) is 0.721. The van der Waals surface area contributed by atoms with E-state index in [1.54, 1.807) is 6.20 Å². The fourth-order valence-corrected chi connectivity index (χ4v) is 1.66. The first-order valence-corrected chi connectivity index (χ1v) is 5.46. The van der Waals surface area contributed by atoms with Gasteiger partial charge in [-0.2, -0.15) is 0 Å². The minimum atomic E-state index is 0.0710. The molecule has 2 N–H and O–H groups in total. The van der Waals surface area contributed by atoms with E-state index < -0.39 is 0 Å². The molecule has 0 aliphatic carbocycles. The summed E-state index contributed by atoms with van der Waals surface area (Å²) in [6.07, 6.45) is 4.32. The molecule has 0 atom stereocenters. The standard InChI is InChI=1S/C13H17N3/c1-13(2,3)11-5-4-9-8-12(14)15-7-6-10(9)16-11/h4-7H,8H2,1-3H3,(H2,14,15). The molecule has 0 saturated carbocycles. The average molecular weight is 215 g/mol. The van der Waals surface area contributed by atoms with Crippen molar-refractivity contribution in [2.75, 3.05) is 0 Å². The summed E-state index contributed by atoms with van der Waals surface area (Å²) >= 11 is 0. The molecule has 0 spiro atoms. The lowest BCUT2D eigenvalue weighted by atomic mass is 9.91. The zero-order valence-electron chi connectivity index (χ0n) is 9.99. The van der Waals surface area contributed by atoms with Gasteiger partial charge in [0.15, 0.2) is 0 Å². The molecule has 1 aromatic heterocycles. The normalized spacial score (nSPS) is 15.3. The topological polar surface area (TPSA) is 51.3 Å². The number of rotatable bonds is 0. The van der Waals surface area contributed by atoms with E-state index in [1.807, 2.05) is 6.08 Å².